The minimum Gasteiger partial charge on any atom is -0.494 e. The lowest BCUT2D eigenvalue weighted by Crippen LogP contribution is -2.19. The van der Waals surface area contributed by atoms with E-state index in [0.29, 0.717) is 17.9 Å². The lowest BCUT2D eigenvalue weighted by molar-refractivity contribution is 0.235. The van der Waals surface area contributed by atoms with Crippen molar-refractivity contribution in [3.8, 4) is 5.75 Å². The van der Waals surface area contributed by atoms with Gasteiger partial charge in [-0.1, -0.05) is 51.9 Å². The molecule has 0 heterocycles. The van der Waals surface area contributed by atoms with E-state index in [-0.39, 0.29) is 5.75 Å². The zero-order valence-corrected chi connectivity index (χ0v) is 15.8. The Morgan fingerprint density at radius 3 is 2.20 bits per heavy atom. The summed E-state index contributed by atoms with van der Waals surface area (Å²) in [6.45, 7) is 2.28. The predicted octanol–water partition coefficient (Wildman–Crippen LogP) is 6.47. The maximum atomic E-state index is 14.4. The maximum Gasteiger partial charge on any atom is 0.200 e. The zero-order valence-electron chi connectivity index (χ0n) is 15.8. The molecule has 3 rings (SSSR count). The van der Waals surface area contributed by atoms with Gasteiger partial charge in [-0.15, -0.1) is 0 Å². The molecular weight excluding hydrogens is 318 g/mol. The Bertz CT molecular complexity index is 576. The molecule has 2 aliphatic rings. The number of aryl methyl sites for hydroxylation is 1. The molecule has 1 atom stereocenters. The van der Waals surface area contributed by atoms with Crippen LogP contribution in [-0.4, -0.2) is 7.11 Å². The van der Waals surface area contributed by atoms with Crippen LogP contribution in [0.25, 0.3) is 0 Å². The number of ether oxygens (including phenoxy) is 1. The van der Waals surface area contributed by atoms with Crippen molar-refractivity contribution in [3.63, 3.8) is 0 Å². The third-order valence-corrected chi connectivity index (χ3v) is 6.55. The lowest BCUT2D eigenvalue weighted by atomic mass is 9.75. The lowest BCUT2D eigenvalue weighted by Gasteiger charge is -2.31. The monoisotopic (exact) mass is 350 g/mol. The van der Waals surface area contributed by atoms with Gasteiger partial charge in [0.15, 0.2) is 11.6 Å². The highest BCUT2D eigenvalue weighted by molar-refractivity contribution is 5.40. The van der Waals surface area contributed by atoms with Crippen LogP contribution in [0.2, 0.25) is 0 Å². The van der Waals surface area contributed by atoms with Gasteiger partial charge in [0.25, 0.3) is 0 Å². The van der Waals surface area contributed by atoms with Crippen molar-refractivity contribution in [1.82, 2.24) is 0 Å². The summed E-state index contributed by atoms with van der Waals surface area (Å²) >= 11 is 0. The molecule has 0 N–H and O–H groups in total. The Hall–Kier alpha value is -1.12. The van der Waals surface area contributed by atoms with Gasteiger partial charge in [-0.3, -0.25) is 0 Å². The van der Waals surface area contributed by atoms with Crippen LogP contribution in [-0.2, 0) is 12.8 Å². The minimum atomic E-state index is -0.823. The Morgan fingerprint density at radius 1 is 0.920 bits per heavy atom. The molecule has 1 unspecified atom stereocenters. The second kappa shape index (κ2) is 8.51. The third-order valence-electron chi connectivity index (χ3n) is 6.55. The molecular formula is C22H32F2O. The molecule has 0 saturated heterocycles. The first-order chi connectivity index (χ1) is 12.1. The molecule has 25 heavy (non-hydrogen) atoms. The number of hydrogen-bond donors (Lipinski definition) is 0. The summed E-state index contributed by atoms with van der Waals surface area (Å²) in [7, 11) is 1.39. The van der Waals surface area contributed by atoms with Gasteiger partial charge in [-0.05, 0) is 60.6 Å². The van der Waals surface area contributed by atoms with Crippen molar-refractivity contribution >= 4 is 0 Å². The molecule has 2 aliphatic carbocycles. The summed E-state index contributed by atoms with van der Waals surface area (Å²) in [5.74, 6) is 0.846. The predicted molar refractivity (Wildman–Crippen MR) is 98.0 cm³/mol. The van der Waals surface area contributed by atoms with E-state index in [1.807, 2.05) is 0 Å². The Balaban J connectivity index is 1.53. The first-order valence-electron chi connectivity index (χ1n) is 10.2. The molecule has 0 bridgehead atoms. The average molecular weight is 350 g/mol. The molecule has 1 saturated carbocycles. The number of hydrogen-bond acceptors (Lipinski definition) is 1. The number of halogens is 2. The van der Waals surface area contributed by atoms with E-state index in [9.17, 15) is 8.78 Å². The van der Waals surface area contributed by atoms with Gasteiger partial charge in [0.2, 0.25) is 5.82 Å². The standard InChI is InChI=1S/C22H32F2O/c1-3-4-15-5-7-16(8-6-15)9-10-17-11-12-18-14-20(25-2)22(24)21(23)19(18)13-17/h14-17H,3-13H2,1-2H3. The molecule has 0 aromatic heterocycles. The van der Waals surface area contributed by atoms with Crippen LogP contribution in [0.1, 0.15) is 75.8 Å². The van der Waals surface area contributed by atoms with Crippen molar-refractivity contribution in [2.24, 2.45) is 17.8 Å². The van der Waals surface area contributed by atoms with Crippen LogP contribution in [0, 0.1) is 29.4 Å². The van der Waals surface area contributed by atoms with Crippen LogP contribution < -0.4 is 4.74 Å². The van der Waals surface area contributed by atoms with Crippen LogP contribution in [0.5, 0.6) is 5.75 Å². The van der Waals surface area contributed by atoms with Crippen molar-refractivity contribution < 1.29 is 13.5 Å². The normalized spacial score (nSPS) is 26.3. The Kier molecular flexibility index (Phi) is 6.35. The molecule has 1 aromatic carbocycles. The van der Waals surface area contributed by atoms with E-state index in [1.54, 1.807) is 6.07 Å². The highest BCUT2D eigenvalue weighted by atomic mass is 19.2. The fourth-order valence-corrected chi connectivity index (χ4v) is 4.97. The maximum absolute atomic E-state index is 14.4. The summed E-state index contributed by atoms with van der Waals surface area (Å²) in [6.07, 6.45) is 13.3. The molecule has 1 aromatic rings. The largest absolute Gasteiger partial charge is 0.494 e. The van der Waals surface area contributed by atoms with Gasteiger partial charge in [-0.25, -0.2) is 4.39 Å². The van der Waals surface area contributed by atoms with Crippen molar-refractivity contribution in [3.05, 3.63) is 28.8 Å². The van der Waals surface area contributed by atoms with E-state index in [4.69, 9.17) is 4.74 Å². The van der Waals surface area contributed by atoms with Gasteiger partial charge in [-0.2, -0.15) is 4.39 Å². The third kappa shape index (κ3) is 4.35. The molecule has 1 fully saturated rings. The Morgan fingerprint density at radius 2 is 1.56 bits per heavy atom. The Labute approximate surface area is 151 Å². The SMILES string of the molecule is CCCC1CCC(CCC2CCc3cc(OC)c(F)c(F)c3C2)CC1. The number of methoxy groups -OCH3 is 1. The molecule has 1 nitrogen and oxygen atoms in total. The second-order valence-electron chi connectivity index (χ2n) is 8.21. The number of fused-ring (bicyclic) bond motifs is 1. The van der Waals surface area contributed by atoms with E-state index < -0.39 is 11.6 Å². The van der Waals surface area contributed by atoms with Gasteiger partial charge in [0.1, 0.15) is 0 Å². The van der Waals surface area contributed by atoms with Crippen LogP contribution in [0.15, 0.2) is 6.07 Å². The summed E-state index contributed by atoms with van der Waals surface area (Å²) in [5, 5.41) is 0. The highest BCUT2D eigenvalue weighted by Crippen LogP contribution is 2.38. The smallest absolute Gasteiger partial charge is 0.200 e. The van der Waals surface area contributed by atoms with E-state index in [2.05, 4.69) is 6.92 Å². The second-order valence-corrected chi connectivity index (χ2v) is 8.21. The number of rotatable bonds is 6. The van der Waals surface area contributed by atoms with Crippen molar-refractivity contribution in [2.75, 3.05) is 7.11 Å². The first kappa shape index (κ1) is 18.7. The molecule has 140 valence electrons. The van der Waals surface area contributed by atoms with Crippen LogP contribution in [0.4, 0.5) is 8.78 Å². The highest BCUT2D eigenvalue weighted by Gasteiger charge is 2.27. The van der Waals surface area contributed by atoms with E-state index in [1.165, 1.54) is 52.1 Å². The molecule has 0 amide bonds. The van der Waals surface area contributed by atoms with Crippen LogP contribution in [0.3, 0.4) is 0 Å². The number of benzene rings is 1. The van der Waals surface area contributed by atoms with Gasteiger partial charge >= 0.3 is 0 Å². The van der Waals surface area contributed by atoms with Gasteiger partial charge < -0.3 is 4.74 Å². The van der Waals surface area contributed by atoms with Crippen LogP contribution >= 0.6 is 0 Å². The van der Waals surface area contributed by atoms with Crippen molar-refractivity contribution in [2.45, 2.75) is 77.6 Å². The molecule has 0 radical (unpaired) electrons. The first-order valence-corrected chi connectivity index (χ1v) is 10.2. The average Bonchev–Trinajstić information content (AvgIpc) is 2.64. The zero-order chi connectivity index (χ0) is 17.8. The summed E-state index contributed by atoms with van der Waals surface area (Å²) < 4.78 is 33.3. The molecule has 0 spiro atoms. The minimum absolute atomic E-state index is 0.0403. The topological polar surface area (TPSA) is 9.23 Å². The van der Waals surface area contributed by atoms with Gasteiger partial charge in [0.05, 0.1) is 7.11 Å². The quantitative estimate of drug-likeness (QED) is 0.571. The van der Waals surface area contributed by atoms with E-state index in [0.717, 1.165) is 36.7 Å². The molecule has 0 aliphatic heterocycles. The fourth-order valence-electron chi connectivity index (χ4n) is 4.97. The summed E-state index contributed by atoms with van der Waals surface area (Å²) in [5.41, 5.74) is 1.54. The van der Waals surface area contributed by atoms with E-state index >= 15 is 0 Å². The fraction of sp³-hybridized carbons (Fsp3) is 0.727. The van der Waals surface area contributed by atoms with Gasteiger partial charge in [0, 0.05) is 0 Å². The molecule has 3 heteroatoms. The summed E-state index contributed by atoms with van der Waals surface area (Å²) in [6, 6.07) is 1.69. The van der Waals surface area contributed by atoms with Crippen molar-refractivity contribution in [1.29, 1.82) is 0 Å². The summed E-state index contributed by atoms with van der Waals surface area (Å²) in [4.78, 5) is 0.